The van der Waals surface area contributed by atoms with Crippen LogP contribution in [0.25, 0.3) is 39.0 Å². The molecular weight excluding hydrogens is 348 g/mol. The molecule has 136 valence electrons. The van der Waals surface area contributed by atoms with Gasteiger partial charge in [-0.1, -0.05) is 24.3 Å². The Labute approximate surface area is 161 Å². The molecule has 0 saturated heterocycles. The summed E-state index contributed by atoms with van der Waals surface area (Å²) in [6, 6.07) is 19.8. The number of hydrogen-bond donors (Lipinski definition) is 0. The van der Waals surface area contributed by atoms with E-state index in [-0.39, 0.29) is 5.56 Å². The molecule has 5 rings (SSSR count). The molecule has 28 heavy (non-hydrogen) atoms. The van der Waals surface area contributed by atoms with Gasteiger partial charge in [0, 0.05) is 30.5 Å². The van der Waals surface area contributed by atoms with E-state index in [0.29, 0.717) is 5.56 Å². The fourth-order valence-electron chi connectivity index (χ4n) is 3.65. The molecule has 3 heterocycles. The summed E-state index contributed by atoms with van der Waals surface area (Å²) in [4.78, 5) is 17.1. The van der Waals surface area contributed by atoms with E-state index in [9.17, 15) is 4.79 Å². The molecule has 0 N–H and O–H groups in total. The number of aryl methyl sites for hydroxylation is 1. The molecule has 0 saturated carbocycles. The molecule has 0 bridgehead atoms. The second-order valence-electron chi connectivity index (χ2n) is 6.70. The molecular formula is C23H18N4O. The van der Waals surface area contributed by atoms with Gasteiger partial charge in [0.1, 0.15) is 5.69 Å². The van der Waals surface area contributed by atoms with Crippen molar-refractivity contribution in [3.63, 3.8) is 0 Å². The summed E-state index contributed by atoms with van der Waals surface area (Å²) in [5.41, 5.74) is 5.32. The van der Waals surface area contributed by atoms with Crippen LogP contribution in [0.15, 0.2) is 84.0 Å². The highest BCUT2D eigenvalue weighted by Crippen LogP contribution is 2.31. The van der Waals surface area contributed by atoms with Crippen molar-refractivity contribution in [2.24, 2.45) is 0 Å². The van der Waals surface area contributed by atoms with E-state index in [1.807, 2.05) is 48.7 Å². The number of aromatic nitrogens is 4. The summed E-state index contributed by atoms with van der Waals surface area (Å²) >= 11 is 0. The molecule has 0 unspecified atom stereocenters. The number of nitrogens with zero attached hydrogens (tertiary/aromatic N) is 4. The molecule has 0 amide bonds. The highest BCUT2D eigenvalue weighted by molar-refractivity contribution is 5.96. The number of rotatable bonds is 3. The van der Waals surface area contributed by atoms with E-state index in [4.69, 9.17) is 0 Å². The first-order valence-corrected chi connectivity index (χ1v) is 9.28. The highest BCUT2D eigenvalue weighted by Gasteiger charge is 2.20. The van der Waals surface area contributed by atoms with E-state index in [1.165, 1.54) is 4.68 Å². The Morgan fingerprint density at radius 3 is 2.46 bits per heavy atom. The van der Waals surface area contributed by atoms with E-state index in [0.717, 1.165) is 40.0 Å². The van der Waals surface area contributed by atoms with Crippen LogP contribution in [0.5, 0.6) is 0 Å². The Hall–Kier alpha value is -3.73. The van der Waals surface area contributed by atoms with E-state index in [2.05, 4.69) is 39.8 Å². The molecule has 0 atom stereocenters. The number of benzene rings is 2. The van der Waals surface area contributed by atoms with Crippen molar-refractivity contribution in [2.75, 3.05) is 0 Å². The van der Waals surface area contributed by atoms with Crippen LogP contribution in [-0.2, 0) is 6.54 Å². The van der Waals surface area contributed by atoms with Crippen molar-refractivity contribution < 1.29 is 0 Å². The molecule has 2 aliphatic heterocycles. The summed E-state index contributed by atoms with van der Waals surface area (Å²) in [6.45, 7) is 2.85. The molecule has 0 radical (unpaired) electrons. The average Bonchev–Trinajstić information content (AvgIpc) is 3.10. The fourth-order valence-corrected chi connectivity index (χ4v) is 3.65. The maximum Gasteiger partial charge on any atom is 0.282 e. The van der Waals surface area contributed by atoms with Crippen LogP contribution in [0.3, 0.4) is 0 Å². The molecule has 5 heteroatoms. The van der Waals surface area contributed by atoms with Crippen LogP contribution in [-0.4, -0.2) is 19.3 Å². The van der Waals surface area contributed by atoms with Crippen LogP contribution >= 0.6 is 0 Å². The molecule has 2 aromatic carbocycles. The third-order valence-corrected chi connectivity index (χ3v) is 5.08. The van der Waals surface area contributed by atoms with Crippen LogP contribution in [0.1, 0.15) is 6.92 Å². The van der Waals surface area contributed by atoms with Gasteiger partial charge in [0.05, 0.1) is 16.8 Å². The predicted molar refractivity (Wildman–Crippen MR) is 111 cm³/mol. The first-order chi connectivity index (χ1) is 13.8. The summed E-state index contributed by atoms with van der Waals surface area (Å²) in [7, 11) is 0. The Bertz CT molecular complexity index is 1300. The van der Waals surface area contributed by atoms with Crippen molar-refractivity contribution >= 4 is 10.9 Å². The number of fused-ring (bicyclic) bond motifs is 3. The lowest BCUT2D eigenvalue weighted by atomic mass is 10.0. The molecule has 1 aromatic heterocycles. The predicted octanol–water partition coefficient (Wildman–Crippen LogP) is 4.37. The number of hydrogen-bond acceptors (Lipinski definition) is 3. The standard InChI is InChI=1S/C23H18N4O/c1-2-26-15-20-22(25-27(23(20)28)18-6-4-3-5-7-18)19-9-8-17(14-21(19)26)16-10-12-24-13-11-16/h3-15H,2H2,1H3. The Balaban J connectivity index is 1.80. The minimum absolute atomic E-state index is 0.0940. The summed E-state index contributed by atoms with van der Waals surface area (Å²) in [5.74, 6) is 0. The van der Waals surface area contributed by atoms with Gasteiger partial charge in [0.15, 0.2) is 0 Å². The van der Waals surface area contributed by atoms with Gasteiger partial charge in [0.25, 0.3) is 5.56 Å². The zero-order valence-corrected chi connectivity index (χ0v) is 15.4. The van der Waals surface area contributed by atoms with Crippen LogP contribution in [0.2, 0.25) is 0 Å². The van der Waals surface area contributed by atoms with Gasteiger partial charge in [-0.3, -0.25) is 9.78 Å². The minimum Gasteiger partial charge on any atom is -0.347 e. The largest absolute Gasteiger partial charge is 0.347 e. The first kappa shape index (κ1) is 16.4. The van der Waals surface area contributed by atoms with Gasteiger partial charge in [-0.15, -0.1) is 0 Å². The van der Waals surface area contributed by atoms with Crippen LogP contribution in [0, 0.1) is 0 Å². The summed E-state index contributed by atoms with van der Waals surface area (Å²) in [6.07, 6.45) is 5.51. The van der Waals surface area contributed by atoms with Gasteiger partial charge in [-0.25, -0.2) is 0 Å². The zero-order valence-electron chi connectivity index (χ0n) is 15.4. The second kappa shape index (κ2) is 6.46. The fraction of sp³-hybridized carbons (Fsp3) is 0.0870. The van der Waals surface area contributed by atoms with Gasteiger partial charge >= 0.3 is 0 Å². The Morgan fingerprint density at radius 1 is 0.929 bits per heavy atom. The SMILES string of the molecule is CCn1cc2c(=O)n(-c3ccccc3)nc-2c2ccc(-c3ccncc3)cc21. The second-order valence-corrected chi connectivity index (χ2v) is 6.70. The van der Waals surface area contributed by atoms with Gasteiger partial charge < -0.3 is 4.57 Å². The van der Waals surface area contributed by atoms with Crippen molar-refractivity contribution in [1.82, 2.24) is 19.3 Å². The van der Waals surface area contributed by atoms with E-state index < -0.39 is 0 Å². The Morgan fingerprint density at radius 2 is 1.71 bits per heavy atom. The molecule has 0 fully saturated rings. The Kier molecular flexibility index (Phi) is 3.79. The van der Waals surface area contributed by atoms with Crippen molar-refractivity contribution in [3.05, 3.63) is 89.6 Å². The van der Waals surface area contributed by atoms with Crippen LogP contribution in [0.4, 0.5) is 0 Å². The quantitative estimate of drug-likeness (QED) is 0.476. The van der Waals surface area contributed by atoms with Crippen molar-refractivity contribution in [2.45, 2.75) is 13.5 Å². The maximum absolute atomic E-state index is 13.0. The first-order valence-electron chi connectivity index (χ1n) is 9.28. The molecule has 0 spiro atoms. The summed E-state index contributed by atoms with van der Waals surface area (Å²) in [5, 5.41) is 5.65. The van der Waals surface area contributed by atoms with Gasteiger partial charge in [-0.2, -0.15) is 9.78 Å². The zero-order chi connectivity index (χ0) is 19.1. The number of para-hydroxylation sites is 1. The van der Waals surface area contributed by atoms with E-state index in [1.54, 1.807) is 12.4 Å². The summed E-state index contributed by atoms with van der Waals surface area (Å²) < 4.78 is 3.60. The molecule has 0 aliphatic carbocycles. The average molecular weight is 366 g/mol. The highest BCUT2D eigenvalue weighted by atomic mass is 16.1. The monoisotopic (exact) mass is 366 g/mol. The maximum atomic E-state index is 13.0. The lowest BCUT2D eigenvalue weighted by Gasteiger charge is -2.13. The third kappa shape index (κ3) is 2.52. The molecule has 5 nitrogen and oxygen atoms in total. The van der Waals surface area contributed by atoms with Crippen LogP contribution < -0.4 is 5.56 Å². The van der Waals surface area contributed by atoms with Crippen molar-refractivity contribution in [1.29, 1.82) is 0 Å². The molecule has 3 aromatic rings. The normalized spacial score (nSPS) is 11.3. The molecule has 2 aliphatic rings. The van der Waals surface area contributed by atoms with Gasteiger partial charge in [0.2, 0.25) is 0 Å². The third-order valence-electron chi connectivity index (χ3n) is 5.08. The lowest BCUT2D eigenvalue weighted by Crippen LogP contribution is -2.14. The number of pyridine rings is 2. The lowest BCUT2D eigenvalue weighted by molar-refractivity contribution is 0.789. The topological polar surface area (TPSA) is 52.7 Å². The van der Waals surface area contributed by atoms with Gasteiger partial charge in [-0.05, 0) is 54.4 Å². The minimum atomic E-state index is -0.0940. The van der Waals surface area contributed by atoms with Crippen molar-refractivity contribution in [3.8, 4) is 28.1 Å². The van der Waals surface area contributed by atoms with E-state index >= 15 is 0 Å². The smallest absolute Gasteiger partial charge is 0.282 e.